The topological polar surface area (TPSA) is 119 Å². The van der Waals surface area contributed by atoms with E-state index in [0.717, 1.165) is 72.7 Å². The summed E-state index contributed by atoms with van der Waals surface area (Å²) in [5, 5.41) is 5.50. The third kappa shape index (κ3) is 5.89. The lowest BCUT2D eigenvalue weighted by atomic mass is 9.97. The van der Waals surface area contributed by atoms with Crippen LogP contribution in [0.25, 0.3) is 17.3 Å². The zero-order valence-electron chi connectivity index (χ0n) is 21.5. The van der Waals surface area contributed by atoms with Crippen LogP contribution in [-0.4, -0.2) is 52.5 Å². The van der Waals surface area contributed by atoms with Crippen LogP contribution in [0.1, 0.15) is 29.8 Å². The maximum absolute atomic E-state index is 11.8. The fourth-order valence-electron chi connectivity index (χ4n) is 4.93. The van der Waals surface area contributed by atoms with E-state index in [1.807, 2.05) is 18.2 Å². The van der Waals surface area contributed by atoms with Gasteiger partial charge in [-0.05, 0) is 92.0 Å². The number of nitrogens with one attached hydrogen (secondary N) is 2. The fourth-order valence-corrected chi connectivity index (χ4v) is 5.59. The summed E-state index contributed by atoms with van der Waals surface area (Å²) in [5.74, 6) is 2.34. The Bertz CT molecular complexity index is 1450. The van der Waals surface area contributed by atoms with Crippen molar-refractivity contribution < 1.29 is 19.1 Å². The molecular weight excluding hydrogens is 516 g/mol. The fraction of sp³-hybridized carbons (Fsp3) is 0.321. The van der Waals surface area contributed by atoms with Crippen molar-refractivity contribution in [3.63, 3.8) is 0 Å². The number of imide groups is 1. The van der Waals surface area contributed by atoms with Gasteiger partial charge in [-0.1, -0.05) is 0 Å². The smallest absolute Gasteiger partial charge is 0.290 e. The maximum Gasteiger partial charge on any atom is 0.290 e. The molecule has 2 N–H and O–H groups in total. The first-order chi connectivity index (χ1) is 19.0. The highest BCUT2D eigenvalue weighted by Crippen LogP contribution is 2.35. The highest BCUT2D eigenvalue weighted by molar-refractivity contribution is 8.18. The van der Waals surface area contributed by atoms with E-state index in [1.165, 1.54) is 5.56 Å². The van der Waals surface area contributed by atoms with Crippen molar-refractivity contribution in [2.45, 2.75) is 26.3 Å². The predicted octanol–water partition coefficient (Wildman–Crippen LogP) is 3.91. The Morgan fingerprint density at radius 2 is 1.95 bits per heavy atom. The Morgan fingerprint density at radius 1 is 1.10 bits per heavy atom. The average molecular weight is 545 g/mol. The minimum absolute atomic E-state index is 0.258. The first kappa shape index (κ1) is 25.3. The lowest BCUT2D eigenvalue weighted by molar-refractivity contribution is -0.115. The Balaban J connectivity index is 1.02. The van der Waals surface area contributed by atoms with Gasteiger partial charge >= 0.3 is 0 Å². The van der Waals surface area contributed by atoms with Crippen LogP contribution in [0, 0.1) is 12.8 Å². The Labute approximate surface area is 230 Å². The van der Waals surface area contributed by atoms with Gasteiger partial charge in [0.25, 0.3) is 11.1 Å². The van der Waals surface area contributed by atoms with Crippen LogP contribution in [-0.2, 0) is 11.3 Å². The van der Waals surface area contributed by atoms with Crippen LogP contribution >= 0.6 is 11.8 Å². The summed E-state index contributed by atoms with van der Waals surface area (Å²) in [6, 6.07) is 11.9. The molecule has 3 aliphatic heterocycles. The SMILES string of the molecule is Cc1cc(CNCC2CCN(c3nccc(/C=C4\SC(=O)NC4=O)n3)CC2)nc(-c2ccc3c(c2)OCO3)c1. The molecule has 1 aromatic carbocycles. The van der Waals surface area contributed by atoms with Crippen LogP contribution in [0.15, 0.2) is 47.5 Å². The number of fused-ring (bicyclic) bond motifs is 1. The summed E-state index contributed by atoms with van der Waals surface area (Å²) in [6.45, 7) is 5.68. The second kappa shape index (κ2) is 11.0. The first-order valence-corrected chi connectivity index (χ1v) is 13.7. The zero-order valence-corrected chi connectivity index (χ0v) is 22.3. The molecule has 0 atom stereocenters. The van der Waals surface area contributed by atoms with Gasteiger partial charge < -0.3 is 19.7 Å². The first-order valence-electron chi connectivity index (χ1n) is 12.9. The van der Waals surface area contributed by atoms with Gasteiger partial charge in [-0.3, -0.25) is 19.9 Å². The van der Waals surface area contributed by atoms with Crippen molar-refractivity contribution in [1.82, 2.24) is 25.6 Å². The van der Waals surface area contributed by atoms with E-state index in [2.05, 4.69) is 44.6 Å². The molecule has 2 saturated heterocycles. The van der Waals surface area contributed by atoms with Crippen molar-refractivity contribution >= 4 is 34.9 Å². The van der Waals surface area contributed by atoms with Crippen molar-refractivity contribution in [3.8, 4) is 22.8 Å². The molecule has 39 heavy (non-hydrogen) atoms. The molecule has 6 rings (SSSR count). The summed E-state index contributed by atoms with van der Waals surface area (Å²) < 4.78 is 11.0. The van der Waals surface area contributed by atoms with Gasteiger partial charge in [-0.2, -0.15) is 0 Å². The van der Waals surface area contributed by atoms with Crippen molar-refractivity contribution in [1.29, 1.82) is 0 Å². The number of aryl methyl sites for hydroxylation is 1. The molecule has 3 aliphatic rings. The number of anilines is 1. The van der Waals surface area contributed by atoms with Gasteiger partial charge in [0, 0.05) is 31.4 Å². The molecule has 3 aromatic rings. The number of rotatable bonds is 7. The molecule has 5 heterocycles. The minimum Gasteiger partial charge on any atom is -0.454 e. The molecule has 2 amide bonds. The summed E-state index contributed by atoms with van der Waals surface area (Å²) in [5.41, 5.74) is 4.73. The Kier molecular flexibility index (Phi) is 7.16. The molecule has 0 bridgehead atoms. The average Bonchev–Trinajstić information content (AvgIpc) is 3.53. The molecule has 0 aliphatic carbocycles. The number of nitrogens with zero attached hydrogens (tertiary/aromatic N) is 4. The third-order valence-corrected chi connectivity index (χ3v) is 7.72. The van der Waals surface area contributed by atoms with Crippen LogP contribution in [0.2, 0.25) is 0 Å². The molecule has 0 radical (unpaired) electrons. The van der Waals surface area contributed by atoms with E-state index in [4.69, 9.17) is 14.5 Å². The number of hydrogen-bond donors (Lipinski definition) is 2. The van der Waals surface area contributed by atoms with Gasteiger partial charge in [0.15, 0.2) is 11.5 Å². The molecule has 2 aromatic heterocycles. The van der Waals surface area contributed by atoms with Gasteiger partial charge in [0.1, 0.15) is 0 Å². The molecule has 10 nitrogen and oxygen atoms in total. The molecule has 11 heteroatoms. The van der Waals surface area contributed by atoms with E-state index < -0.39 is 0 Å². The largest absolute Gasteiger partial charge is 0.454 e. The number of hydrogen-bond acceptors (Lipinski definition) is 10. The molecule has 2 fully saturated rings. The van der Waals surface area contributed by atoms with Gasteiger partial charge in [-0.15, -0.1) is 0 Å². The lowest BCUT2D eigenvalue weighted by Gasteiger charge is -2.32. The van der Waals surface area contributed by atoms with Gasteiger partial charge in [0.2, 0.25) is 12.7 Å². The summed E-state index contributed by atoms with van der Waals surface area (Å²) >= 11 is 0.887. The monoisotopic (exact) mass is 544 g/mol. The van der Waals surface area contributed by atoms with Crippen molar-refractivity contribution in [3.05, 3.63) is 64.5 Å². The van der Waals surface area contributed by atoms with E-state index in [1.54, 1.807) is 18.3 Å². The van der Waals surface area contributed by atoms with Crippen LogP contribution in [0.3, 0.4) is 0 Å². The van der Waals surface area contributed by atoms with E-state index in [9.17, 15) is 9.59 Å². The van der Waals surface area contributed by atoms with Crippen molar-refractivity contribution in [2.75, 3.05) is 31.3 Å². The normalized spacial score (nSPS) is 18.2. The highest BCUT2D eigenvalue weighted by Gasteiger charge is 2.26. The zero-order chi connectivity index (χ0) is 26.8. The van der Waals surface area contributed by atoms with Crippen molar-refractivity contribution in [2.24, 2.45) is 5.92 Å². The molecule has 0 unspecified atom stereocenters. The van der Waals surface area contributed by atoms with Crippen LogP contribution in [0.4, 0.5) is 10.7 Å². The number of piperidine rings is 1. The number of pyridine rings is 1. The predicted molar refractivity (Wildman–Crippen MR) is 148 cm³/mol. The van der Waals surface area contributed by atoms with E-state index in [-0.39, 0.29) is 17.9 Å². The standard InChI is InChI=1S/C28H28N6O4S/c1-17-10-21(31-22(11-17)19-2-3-23-24(12-19)38-16-37-23)15-29-14-18-5-8-34(9-6-18)27-30-7-4-20(32-27)13-25-26(35)33-28(36)39-25/h2-4,7,10-13,18,29H,5-6,8-9,14-16H2,1H3,(H,33,35,36)/b25-13-. The molecular formula is C28H28N6O4S. The second-order valence-electron chi connectivity index (χ2n) is 9.78. The maximum atomic E-state index is 11.8. The number of thioether (sulfide) groups is 1. The van der Waals surface area contributed by atoms with Crippen LogP contribution in [0.5, 0.6) is 11.5 Å². The van der Waals surface area contributed by atoms with Gasteiger partial charge in [-0.25, -0.2) is 9.97 Å². The molecule has 200 valence electrons. The Hall–Kier alpha value is -3.96. The summed E-state index contributed by atoms with van der Waals surface area (Å²) in [6.07, 6.45) is 5.37. The highest BCUT2D eigenvalue weighted by atomic mass is 32.2. The number of carbonyl (C=O) groups excluding carboxylic acids is 2. The minimum atomic E-state index is -0.386. The van der Waals surface area contributed by atoms with E-state index in [0.29, 0.717) is 29.0 Å². The number of amides is 2. The molecule has 0 spiro atoms. The number of benzene rings is 1. The number of carbonyl (C=O) groups is 2. The third-order valence-electron chi connectivity index (χ3n) is 6.91. The second-order valence-corrected chi connectivity index (χ2v) is 10.8. The van der Waals surface area contributed by atoms with E-state index >= 15 is 0 Å². The number of ether oxygens (including phenoxy) is 2. The Morgan fingerprint density at radius 3 is 2.77 bits per heavy atom. The quantitative estimate of drug-likeness (QED) is 0.424. The molecule has 0 saturated carbocycles. The summed E-state index contributed by atoms with van der Waals surface area (Å²) in [4.78, 5) is 39.7. The van der Waals surface area contributed by atoms with Gasteiger partial charge in [0.05, 0.1) is 22.0 Å². The number of aromatic nitrogens is 3. The summed E-state index contributed by atoms with van der Waals surface area (Å²) in [7, 11) is 0. The lowest BCUT2D eigenvalue weighted by Crippen LogP contribution is -2.38. The van der Waals surface area contributed by atoms with Crippen LogP contribution < -0.4 is 25.0 Å².